The molecule has 2 fully saturated rings. The third-order valence-corrected chi connectivity index (χ3v) is 14.5. The third-order valence-electron chi connectivity index (χ3n) is 14.5. The second kappa shape index (κ2) is 23.6. The van der Waals surface area contributed by atoms with Crippen molar-refractivity contribution in [2.75, 3.05) is 34.7 Å². The number of Topliss-reactive ketones (excluding diaryl/α,β-unsaturated/α-hetero) is 1. The maximum Gasteiger partial charge on any atom is 0.338 e. The highest BCUT2D eigenvalue weighted by Gasteiger charge is 2.68. The van der Waals surface area contributed by atoms with Gasteiger partial charge in [0.25, 0.3) is 0 Å². The van der Waals surface area contributed by atoms with E-state index in [1.807, 2.05) is 112 Å². The Morgan fingerprint density at radius 1 is 0.729 bits per heavy atom. The number of benzene rings is 5. The SMILES string of the molecule is C=C[C@@H](OCc1ccc(OC)cc1)[C@](COCc1ccc(OC)cc1)(OCc1ccccc1)[C@H]1C[C@H](OC(=O)c2ccccc2)[C@@]2(OC(=O)c3ccccc3)CC[C@@H]([C@@H](OCOC)C(=O)[C@@H]1C)C2(C)C. The largest absolute Gasteiger partial charge is 0.497 e. The van der Waals surface area contributed by atoms with Gasteiger partial charge in [-0.25, -0.2) is 9.59 Å². The van der Waals surface area contributed by atoms with Gasteiger partial charge in [0, 0.05) is 30.3 Å². The quantitative estimate of drug-likeness (QED) is 0.0371. The zero-order valence-corrected chi connectivity index (χ0v) is 41.1. The fraction of sp³-hybridized carbons (Fsp3) is 0.397. The molecule has 0 aromatic heterocycles. The highest BCUT2D eigenvalue weighted by molar-refractivity contribution is 5.91. The van der Waals surface area contributed by atoms with Crippen molar-refractivity contribution in [3.63, 3.8) is 0 Å². The summed E-state index contributed by atoms with van der Waals surface area (Å²) in [5, 5.41) is 0. The molecule has 370 valence electrons. The summed E-state index contributed by atoms with van der Waals surface area (Å²) in [6, 6.07) is 42.3. The van der Waals surface area contributed by atoms with Crippen LogP contribution in [0.4, 0.5) is 0 Å². The van der Waals surface area contributed by atoms with Crippen LogP contribution in [0.15, 0.2) is 152 Å². The van der Waals surface area contributed by atoms with Crippen molar-refractivity contribution in [2.45, 2.75) is 89.4 Å². The van der Waals surface area contributed by atoms with Crippen molar-refractivity contribution in [3.05, 3.63) is 180 Å². The number of rotatable bonds is 22. The Morgan fingerprint density at radius 2 is 1.27 bits per heavy atom. The Kier molecular flexibility index (Phi) is 17.5. The van der Waals surface area contributed by atoms with E-state index in [1.54, 1.807) is 68.8 Å². The highest BCUT2D eigenvalue weighted by atomic mass is 16.7. The molecule has 0 heterocycles. The number of fused-ring (bicyclic) bond motifs is 2. The van der Waals surface area contributed by atoms with Crippen LogP contribution in [-0.2, 0) is 57.8 Å². The maximum absolute atomic E-state index is 15.8. The van der Waals surface area contributed by atoms with Crippen molar-refractivity contribution in [1.82, 2.24) is 0 Å². The molecule has 12 nitrogen and oxygen atoms in total. The predicted octanol–water partition coefficient (Wildman–Crippen LogP) is 10.4. The van der Waals surface area contributed by atoms with E-state index in [-0.39, 0.29) is 51.8 Å². The van der Waals surface area contributed by atoms with Crippen LogP contribution in [0.3, 0.4) is 0 Å². The highest BCUT2D eigenvalue weighted by Crippen LogP contribution is 2.60. The fourth-order valence-corrected chi connectivity index (χ4v) is 10.5. The monoisotopic (exact) mass is 954 g/mol. The van der Waals surface area contributed by atoms with Gasteiger partial charge in [-0.3, -0.25) is 4.79 Å². The molecule has 0 spiro atoms. The molecule has 70 heavy (non-hydrogen) atoms. The van der Waals surface area contributed by atoms with Gasteiger partial charge in [-0.05, 0) is 84.5 Å². The van der Waals surface area contributed by atoms with Crippen LogP contribution in [0, 0.1) is 23.2 Å². The molecule has 0 aliphatic heterocycles. The molecule has 2 aliphatic carbocycles. The molecular formula is C58H66O12. The Balaban J connectivity index is 1.45. The van der Waals surface area contributed by atoms with Crippen LogP contribution in [0.25, 0.3) is 0 Å². The zero-order chi connectivity index (χ0) is 49.7. The number of carbonyl (C=O) groups is 3. The summed E-state index contributed by atoms with van der Waals surface area (Å²) in [6.45, 7) is 10.2. The van der Waals surface area contributed by atoms with Gasteiger partial charge in [-0.2, -0.15) is 0 Å². The van der Waals surface area contributed by atoms with Gasteiger partial charge < -0.3 is 42.6 Å². The van der Waals surface area contributed by atoms with E-state index in [2.05, 4.69) is 6.58 Å². The van der Waals surface area contributed by atoms with Crippen molar-refractivity contribution in [1.29, 1.82) is 0 Å². The van der Waals surface area contributed by atoms with E-state index >= 15 is 4.79 Å². The topological polar surface area (TPSA) is 134 Å². The summed E-state index contributed by atoms with van der Waals surface area (Å²) < 4.78 is 57.8. The lowest BCUT2D eigenvalue weighted by Gasteiger charge is -2.50. The minimum absolute atomic E-state index is 0.0440. The van der Waals surface area contributed by atoms with Crippen LogP contribution in [0.1, 0.15) is 77.4 Å². The zero-order valence-electron chi connectivity index (χ0n) is 41.1. The Morgan fingerprint density at radius 3 is 1.83 bits per heavy atom. The molecule has 8 atom stereocenters. The first-order chi connectivity index (χ1) is 33.9. The molecule has 2 aliphatic rings. The second-order valence-electron chi connectivity index (χ2n) is 18.7. The van der Waals surface area contributed by atoms with E-state index in [4.69, 9.17) is 42.6 Å². The van der Waals surface area contributed by atoms with Gasteiger partial charge in [0.1, 0.15) is 42.2 Å². The lowest BCUT2D eigenvalue weighted by molar-refractivity contribution is -0.220. The molecule has 5 aromatic carbocycles. The molecule has 2 saturated carbocycles. The Labute approximate surface area is 412 Å². The summed E-state index contributed by atoms with van der Waals surface area (Å²) in [6.07, 6.45) is -0.885. The first kappa shape index (κ1) is 51.7. The van der Waals surface area contributed by atoms with E-state index in [1.165, 1.54) is 7.11 Å². The van der Waals surface area contributed by atoms with Gasteiger partial charge in [-0.1, -0.05) is 118 Å². The summed E-state index contributed by atoms with van der Waals surface area (Å²) in [4.78, 5) is 45.1. The first-order valence-electron chi connectivity index (χ1n) is 23.8. The molecule has 0 amide bonds. The number of hydrogen-bond donors (Lipinski definition) is 0. The van der Waals surface area contributed by atoms with Crippen molar-refractivity contribution >= 4 is 17.7 Å². The van der Waals surface area contributed by atoms with Crippen LogP contribution in [0.5, 0.6) is 11.5 Å². The van der Waals surface area contributed by atoms with E-state index in [9.17, 15) is 9.59 Å². The van der Waals surface area contributed by atoms with E-state index in [0.29, 0.717) is 29.0 Å². The first-order valence-corrected chi connectivity index (χ1v) is 23.8. The van der Waals surface area contributed by atoms with Crippen molar-refractivity contribution in [2.24, 2.45) is 23.2 Å². The van der Waals surface area contributed by atoms with Gasteiger partial charge in [0.15, 0.2) is 11.4 Å². The number of ketones is 1. The Bertz CT molecular complexity index is 2460. The minimum Gasteiger partial charge on any atom is -0.497 e. The summed E-state index contributed by atoms with van der Waals surface area (Å²) >= 11 is 0. The lowest BCUT2D eigenvalue weighted by atomic mass is 9.66. The smallest absolute Gasteiger partial charge is 0.338 e. The van der Waals surface area contributed by atoms with Gasteiger partial charge in [0.05, 0.1) is 51.8 Å². The molecule has 0 radical (unpaired) electrons. The molecule has 12 heteroatoms. The number of carbonyl (C=O) groups excluding carboxylic acids is 3. The summed E-state index contributed by atoms with van der Waals surface area (Å²) in [5.74, 6) is -2.36. The number of esters is 2. The number of hydrogen-bond acceptors (Lipinski definition) is 12. The van der Waals surface area contributed by atoms with Gasteiger partial charge in [0.2, 0.25) is 0 Å². The molecule has 2 bridgehead atoms. The normalized spacial score (nSPS) is 23.1. The summed E-state index contributed by atoms with van der Waals surface area (Å²) in [7, 11) is 4.73. The third kappa shape index (κ3) is 11.4. The fourth-order valence-electron chi connectivity index (χ4n) is 10.5. The predicted molar refractivity (Wildman–Crippen MR) is 264 cm³/mol. The number of ether oxygens (including phenoxy) is 9. The Hall–Kier alpha value is -6.15. The average molecular weight is 955 g/mol. The van der Waals surface area contributed by atoms with Gasteiger partial charge in [-0.15, -0.1) is 6.58 Å². The van der Waals surface area contributed by atoms with Crippen molar-refractivity contribution in [3.8, 4) is 11.5 Å². The van der Waals surface area contributed by atoms with Crippen LogP contribution >= 0.6 is 0 Å². The second-order valence-corrected chi connectivity index (χ2v) is 18.7. The lowest BCUT2D eigenvalue weighted by Crippen LogP contribution is -2.61. The molecule has 0 unspecified atom stereocenters. The molecule has 0 N–H and O–H groups in total. The van der Waals surface area contributed by atoms with Crippen molar-refractivity contribution < 1.29 is 57.0 Å². The van der Waals surface area contributed by atoms with E-state index < -0.39 is 64.6 Å². The molecule has 7 rings (SSSR count). The molecule has 5 aromatic rings. The van der Waals surface area contributed by atoms with Crippen LogP contribution in [-0.4, -0.2) is 82.0 Å². The van der Waals surface area contributed by atoms with Crippen LogP contribution in [0.2, 0.25) is 0 Å². The molecule has 0 saturated heterocycles. The van der Waals surface area contributed by atoms with Crippen LogP contribution < -0.4 is 9.47 Å². The van der Waals surface area contributed by atoms with E-state index in [0.717, 1.165) is 16.7 Å². The van der Waals surface area contributed by atoms with Gasteiger partial charge >= 0.3 is 11.9 Å². The standard InChI is InChI=1S/C58H66O12/c1-8-50(66-36-43-26-30-47(64-7)31-27-43)57(68-37-41-18-12-9-13-19-41,38-65-35-42-24-28-46(63-6)29-25-42)49-34-51(69-54(60)44-20-14-10-15-21-44)58(70-55(61)45-22-16-11-17-23-45)33-32-48(56(58,3)4)53(67-39-62-5)52(59)40(49)2/h8-31,40,48-51,53H,1,32-39H2,2-7H3/t40-,48+,49+,50-,51+,53-,57-,58+/m1/s1. The molecular weight excluding hydrogens is 889 g/mol. The minimum atomic E-state index is -1.56. The summed E-state index contributed by atoms with van der Waals surface area (Å²) in [5.41, 5.74) is -0.935. The average Bonchev–Trinajstić information content (AvgIpc) is 3.66. The maximum atomic E-state index is 15.8. The number of methoxy groups -OCH3 is 3.